The van der Waals surface area contributed by atoms with Crippen LogP contribution in [0.15, 0.2) is 12.2 Å². The van der Waals surface area contributed by atoms with E-state index in [9.17, 15) is 4.79 Å². The van der Waals surface area contributed by atoms with E-state index in [0.29, 0.717) is 6.42 Å². The van der Waals surface area contributed by atoms with Gasteiger partial charge in [0.2, 0.25) is 0 Å². The predicted octanol–water partition coefficient (Wildman–Crippen LogP) is 6.50. The summed E-state index contributed by atoms with van der Waals surface area (Å²) in [4.78, 5) is 10.3. The molecule has 0 aromatic carbocycles. The Balaban J connectivity index is 3.07. The Morgan fingerprint density at radius 3 is 1.62 bits per heavy atom. The number of aliphatic carboxylic acids is 1. The molecule has 0 unspecified atom stereocenters. The summed E-state index contributed by atoms with van der Waals surface area (Å²) in [5.41, 5.74) is 0. The van der Waals surface area contributed by atoms with Crippen molar-refractivity contribution in [2.24, 2.45) is 0 Å². The van der Waals surface area contributed by atoms with Crippen LogP contribution in [0.5, 0.6) is 0 Å². The monoisotopic (exact) mass is 296 g/mol. The van der Waals surface area contributed by atoms with Gasteiger partial charge in [0.05, 0.1) is 0 Å². The molecule has 0 saturated carbocycles. The van der Waals surface area contributed by atoms with E-state index in [1.165, 1.54) is 77.0 Å². The van der Waals surface area contributed by atoms with Crippen LogP contribution in [0.2, 0.25) is 0 Å². The van der Waals surface area contributed by atoms with E-state index >= 15 is 0 Å². The van der Waals surface area contributed by atoms with Crippen LogP contribution >= 0.6 is 0 Å². The average Bonchev–Trinajstić information content (AvgIpc) is 2.46. The molecule has 0 aliphatic carbocycles. The molecule has 0 amide bonds. The minimum atomic E-state index is -0.664. The van der Waals surface area contributed by atoms with Crippen molar-refractivity contribution in [2.75, 3.05) is 0 Å². The van der Waals surface area contributed by atoms with Gasteiger partial charge >= 0.3 is 5.97 Å². The van der Waals surface area contributed by atoms with Crippen LogP contribution in [0.25, 0.3) is 0 Å². The highest BCUT2D eigenvalue weighted by molar-refractivity contribution is 5.66. The van der Waals surface area contributed by atoms with Gasteiger partial charge in [0.1, 0.15) is 0 Å². The maximum atomic E-state index is 10.3. The first-order valence-corrected chi connectivity index (χ1v) is 9.14. The zero-order valence-corrected chi connectivity index (χ0v) is 14.1. The lowest BCUT2D eigenvalue weighted by Gasteiger charge is -1.99. The number of carboxylic acids is 1. The van der Waals surface area contributed by atoms with E-state index in [0.717, 1.165) is 12.8 Å². The summed E-state index contributed by atoms with van der Waals surface area (Å²) in [5, 5.41) is 8.52. The molecule has 2 heteroatoms. The second-order valence-electron chi connectivity index (χ2n) is 6.08. The summed E-state index contributed by atoms with van der Waals surface area (Å²) >= 11 is 0. The normalized spacial score (nSPS) is 11.3. The second-order valence-corrected chi connectivity index (χ2v) is 6.08. The fourth-order valence-electron chi connectivity index (χ4n) is 2.52. The van der Waals surface area contributed by atoms with E-state index < -0.39 is 5.97 Å². The van der Waals surface area contributed by atoms with E-state index in [4.69, 9.17) is 5.11 Å². The molecule has 0 saturated heterocycles. The number of unbranched alkanes of at least 4 members (excludes halogenated alkanes) is 12. The summed E-state index contributed by atoms with van der Waals surface area (Å²) in [6.45, 7) is 2.26. The van der Waals surface area contributed by atoms with Crippen molar-refractivity contribution in [2.45, 2.75) is 103 Å². The summed E-state index contributed by atoms with van der Waals surface area (Å²) in [6, 6.07) is 0. The molecule has 2 nitrogen and oxygen atoms in total. The van der Waals surface area contributed by atoms with Gasteiger partial charge in [-0.1, -0.05) is 76.9 Å². The van der Waals surface area contributed by atoms with Gasteiger partial charge in [-0.15, -0.1) is 0 Å². The molecule has 0 aromatic rings. The molecule has 0 rings (SSSR count). The fraction of sp³-hybridized carbons (Fsp3) is 0.842. The molecule has 0 bridgehead atoms. The Bertz CT molecular complexity index is 246. The maximum Gasteiger partial charge on any atom is 0.303 e. The lowest BCUT2D eigenvalue weighted by molar-refractivity contribution is -0.137. The van der Waals surface area contributed by atoms with E-state index in [2.05, 4.69) is 19.1 Å². The van der Waals surface area contributed by atoms with Gasteiger partial charge < -0.3 is 5.11 Å². The van der Waals surface area contributed by atoms with E-state index in [1.807, 2.05) is 0 Å². The first-order chi connectivity index (χ1) is 10.3. The van der Waals surface area contributed by atoms with Crippen molar-refractivity contribution >= 4 is 5.97 Å². The summed E-state index contributed by atoms with van der Waals surface area (Å²) in [5.74, 6) is -0.664. The highest BCUT2D eigenvalue weighted by atomic mass is 16.4. The molecule has 21 heavy (non-hydrogen) atoms. The predicted molar refractivity (Wildman–Crippen MR) is 91.7 cm³/mol. The molecule has 0 atom stereocenters. The number of hydrogen-bond donors (Lipinski definition) is 1. The molecule has 1 N–H and O–H groups in total. The third kappa shape index (κ3) is 19.2. The van der Waals surface area contributed by atoms with Crippen molar-refractivity contribution < 1.29 is 9.90 Å². The number of carbonyl (C=O) groups is 1. The Labute approximate surface area is 132 Å². The molecule has 0 spiro atoms. The zero-order valence-electron chi connectivity index (χ0n) is 14.1. The van der Waals surface area contributed by atoms with E-state index in [1.54, 1.807) is 0 Å². The van der Waals surface area contributed by atoms with Gasteiger partial charge in [0, 0.05) is 6.42 Å². The summed E-state index contributed by atoms with van der Waals surface area (Å²) in [7, 11) is 0. The lowest BCUT2D eigenvalue weighted by Crippen LogP contribution is -1.93. The first kappa shape index (κ1) is 20.2. The number of rotatable bonds is 16. The van der Waals surface area contributed by atoms with Gasteiger partial charge in [-0.05, 0) is 32.1 Å². The molecule has 0 aliphatic heterocycles. The molecule has 0 fully saturated rings. The van der Waals surface area contributed by atoms with Crippen molar-refractivity contribution in [1.82, 2.24) is 0 Å². The largest absolute Gasteiger partial charge is 0.481 e. The molecule has 0 aromatic heterocycles. The Kier molecular flexibility index (Phi) is 16.6. The van der Waals surface area contributed by atoms with Gasteiger partial charge in [0.15, 0.2) is 0 Å². The molecule has 124 valence electrons. The van der Waals surface area contributed by atoms with Gasteiger partial charge in [-0.25, -0.2) is 0 Å². The maximum absolute atomic E-state index is 10.3. The summed E-state index contributed by atoms with van der Waals surface area (Å²) < 4.78 is 0. The third-order valence-corrected chi connectivity index (χ3v) is 3.90. The minimum absolute atomic E-state index is 0.332. The lowest BCUT2D eigenvalue weighted by atomic mass is 10.1. The van der Waals surface area contributed by atoms with Crippen LogP contribution in [0, 0.1) is 0 Å². The summed E-state index contributed by atoms with van der Waals surface area (Å²) in [6.07, 6.45) is 22.7. The highest BCUT2D eigenvalue weighted by Crippen LogP contribution is 2.10. The van der Waals surface area contributed by atoms with Crippen LogP contribution in [0.4, 0.5) is 0 Å². The zero-order chi connectivity index (χ0) is 15.6. The first-order valence-electron chi connectivity index (χ1n) is 9.14. The smallest absolute Gasteiger partial charge is 0.303 e. The fourth-order valence-corrected chi connectivity index (χ4v) is 2.52. The second kappa shape index (κ2) is 17.3. The average molecular weight is 296 g/mol. The minimum Gasteiger partial charge on any atom is -0.481 e. The Morgan fingerprint density at radius 1 is 0.714 bits per heavy atom. The molecule has 0 radical (unpaired) electrons. The molecular formula is C19H36O2. The Morgan fingerprint density at radius 2 is 1.14 bits per heavy atom. The third-order valence-electron chi connectivity index (χ3n) is 3.90. The standard InChI is InChI=1S/C19H36O2/c1-2-3-4-5-6-7-8-9-10-11-12-13-14-15-16-17-18-19(20)21/h10-11H,2-9,12-18H2,1H3,(H,20,21)/b11-10+. The SMILES string of the molecule is CCCCCCCCC/C=C/CCCCCCCC(=O)O. The van der Waals surface area contributed by atoms with Crippen LogP contribution < -0.4 is 0 Å². The van der Waals surface area contributed by atoms with Crippen molar-refractivity contribution in [3.05, 3.63) is 12.2 Å². The highest BCUT2D eigenvalue weighted by Gasteiger charge is 1.95. The number of hydrogen-bond acceptors (Lipinski definition) is 1. The van der Waals surface area contributed by atoms with Crippen LogP contribution in [-0.2, 0) is 4.79 Å². The molecule has 0 heterocycles. The van der Waals surface area contributed by atoms with Gasteiger partial charge in [0.25, 0.3) is 0 Å². The topological polar surface area (TPSA) is 37.3 Å². The van der Waals surface area contributed by atoms with Crippen molar-refractivity contribution in [1.29, 1.82) is 0 Å². The molecular weight excluding hydrogens is 260 g/mol. The van der Waals surface area contributed by atoms with Gasteiger partial charge in [-0.3, -0.25) is 4.79 Å². The van der Waals surface area contributed by atoms with Crippen molar-refractivity contribution in [3.63, 3.8) is 0 Å². The Hall–Kier alpha value is -0.790. The van der Waals surface area contributed by atoms with Crippen LogP contribution in [0.1, 0.15) is 103 Å². The quantitative estimate of drug-likeness (QED) is 0.261. The van der Waals surface area contributed by atoms with Gasteiger partial charge in [-0.2, -0.15) is 0 Å². The van der Waals surface area contributed by atoms with E-state index in [-0.39, 0.29) is 0 Å². The van der Waals surface area contributed by atoms with Crippen LogP contribution in [0.3, 0.4) is 0 Å². The number of carboxylic acid groups (broad SMARTS) is 1. The number of allylic oxidation sites excluding steroid dienone is 2. The van der Waals surface area contributed by atoms with Crippen molar-refractivity contribution in [3.8, 4) is 0 Å². The van der Waals surface area contributed by atoms with Crippen LogP contribution in [-0.4, -0.2) is 11.1 Å². The molecule has 0 aliphatic rings.